The van der Waals surface area contributed by atoms with Gasteiger partial charge in [0.1, 0.15) is 0 Å². The first-order valence-electron chi connectivity index (χ1n) is 6.67. The van der Waals surface area contributed by atoms with Crippen LogP contribution < -0.4 is 0 Å². The summed E-state index contributed by atoms with van der Waals surface area (Å²) in [5.41, 5.74) is 4.42. The van der Waals surface area contributed by atoms with Gasteiger partial charge >= 0.3 is 0 Å². The summed E-state index contributed by atoms with van der Waals surface area (Å²) >= 11 is 0. The van der Waals surface area contributed by atoms with Gasteiger partial charge < -0.3 is 5.11 Å². The molecule has 3 rings (SSSR count). The largest absolute Gasteiger partial charge is 0.394 e. The van der Waals surface area contributed by atoms with E-state index >= 15 is 0 Å². The van der Waals surface area contributed by atoms with Crippen LogP contribution in [0.5, 0.6) is 0 Å². The summed E-state index contributed by atoms with van der Waals surface area (Å²) in [6.07, 6.45) is 1.89. The fourth-order valence-electron chi connectivity index (χ4n) is 2.21. The average Bonchev–Trinajstić information content (AvgIpc) is 2.97. The van der Waals surface area contributed by atoms with Gasteiger partial charge in [-0.05, 0) is 17.2 Å². The second-order valence-corrected chi connectivity index (χ2v) is 4.63. The number of rotatable bonds is 4. The molecule has 0 aliphatic heterocycles. The normalized spacial score (nSPS) is 10.7. The standard InChI is InChI=1S/C17H16N2O/c20-13-12-19-11-10-17(18-19)16-8-6-15(7-9-16)14-4-2-1-3-5-14/h1-11,20H,12-13H2. The molecular weight excluding hydrogens is 248 g/mol. The zero-order valence-electron chi connectivity index (χ0n) is 11.1. The van der Waals surface area contributed by atoms with Gasteiger partial charge in [0.2, 0.25) is 0 Å². The summed E-state index contributed by atoms with van der Waals surface area (Å²) in [4.78, 5) is 0. The van der Waals surface area contributed by atoms with Gasteiger partial charge in [0, 0.05) is 11.8 Å². The van der Waals surface area contributed by atoms with E-state index < -0.39 is 0 Å². The molecule has 0 saturated heterocycles. The van der Waals surface area contributed by atoms with Crippen molar-refractivity contribution in [1.82, 2.24) is 9.78 Å². The number of aliphatic hydroxyl groups excluding tert-OH is 1. The lowest BCUT2D eigenvalue weighted by molar-refractivity contribution is 0.269. The number of nitrogens with zero attached hydrogens (tertiary/aromatic N) is 2. The van der Waals surface area contributed by atoms with Crippen molar-refractivity contribution in [2.45, 2.75) is 6.54 Å². The van der Waals surface area contributed by atoms with Gasteiger partial charge in [0.15, 0.2) is 0 Å². The molecule has 0 spiro atoms. The van der Waals surface area contributed by atoms with Crippen molar-refractivity contribution in [2.75, 3.05) is 6.61 Å². The minimum absolute atomic E-state index is 0.105. The summed E-state index contributed by atoms with van der Waals surface area (Å²) in [5.74, 6) is 0. The van der Waals surface area contributed by atoms with E-state index in [1.54, 1.807) is 4.68 Å². The van der Waals surface area contributed by atoms with E-state index in [4.69, 9.17) is 5.11 Å². The summed E-state index contributed by atoms with van der Waals surface area (Å²) in [6.45, 7) is 0.635. The van der Waals surface area contributed by atoms with Crippen LogP contribution in [0.2, 0.25) is 0 Å². The Balaban J connectivity index is 1.85. The van der Waals surface area contributed by atoms with Crippen LogP contribution in [0.3, 0.4) is 0 Å². The van der Waals surface area contributed by atoms with Crippen molar-refractivity contribution in [3.63, 3.8) is 0 Å². The van der Waals surface area contributed by atoms with Crippen LogP contribution in [0.15, 0.2) is 66.9 Å². The highest BCUT2D eigenvalue weighted by atomic mass is 16.3. The van der Waals surface area contributed by atoms with Gasteiger partial charge in [-0.15, -0.1) is 0 Å². The van der Waals surface area contributed by atoms with E-state index in [9.17, 15) is 0 Å². The maximum atomic E-state index is 8.90. The third-order valence-corrected chi connectivity index (χ3v) is 3.26. The molecule has 1 aromatic heterocycles. The molecule has 0 aliphatic carbocycles. The minimum atomic E-state index is 0.105. The summed E-state index contributed by atoms with van der Waals surface area (Å²) in [5, 5.41) is 13.3. The Morgan fingerprint density at radius 2 is 1.45 bits per heavy atom. The molecule has 0 aliphatic rings. The molecule has 0 radical (unpaired) electrons. The molecule has 3 nitrogen and oxygen atoms in total. The summed E-state index contributed by atoms with van der Waals surface area (Å²) in [7, 11) is 0. The third-order valence-electron chi connectivity index (χ3n) is 3.26. The van der Waals surface area contributed by atoms with Gasteiger partial charge in [-0.25, -0.2) is 0 Å². The predicted octanol–water partition coefficient (Wildman–Crippen LogP) is 3.21. The first kappa shape index (κ1) is 12.6. The number of hydrogen-bond acceptors (Lipinski definition) is 2. The Morgan fingerprint density at radius 3 is 2.15 bits per heavy atom. The predicted molar refractivity (Wildman–Crippen MR) is 80.2 cm³/mol. The highest BCUT2D eigenvalue weighted by molar-refractivity contribution is 5.68. The Bertz CT molecular complexity index is 672. The van der Waals surface area contributed by atoms with Crippen LogP contribution in [0, 0.1) is 0 Å². The average molecular weight is 264 g/mol. The number of hydrogen-bond donors (Lipinski definition) is 1. The maximum absolute atomic E-state index is 8.90. The van der Waals surface area contributed by atoms with Crippen molar-refractivity contribution < 1.29 is 5.11 Å². The van der Waals surface area contributed by atoms with Crippen LogP contribution in [0.4, 0.5) is 0 Å². The van der Waals surface area contributed by atoms with Crippen LogP contribution >= 0.6 is 0 Å². The molecule has 100 valence electrons. The smallest absolute Gasteiger partial charge is 0.0923 e. The molecule has 20 heavy (non-hydrogen) atoms. The number of aliphatic hydroxyl groups is 1. The quantitative estimate of drug-likeness (QED) is 0.785. The van der Waals surface area contributed by atoms with E-state index in [1.807, 2.05) is 30.5 Å². The second kappa shape index (κ2) is 5.72. The summed E-state index contributed by atoms with van der Waals surface area (Å²) < 4.78 is 1.75. The van der Waals surface area contributed by atoms with Crippen molar-refractivity contribution >= 4 is 0 Å². The Hall–Kier alpha value is -2.39. The zero-order chi connectivity index (χ0) is 13.8. The van der Waals surface area contributed by atoms with Gasteiger partial charge in [-0.1, -0.05) is 54.6 Å². The first-order valence-corrected chi connectivity index (χ1v) is 6.67. The van der Waals surface area contributed by atoms with E-state index in [-0.39, 0.29) is 6.61 Å². The third kappa shape index (κ3) is 2.63. The van der Waals surface area contributed by atoms with Gasteiger partial charge in [0.05, 0.1) is 18.8 Å². The van der Waals surface area contributed by atoms with Crippen molar-refractivity contribution in [1.29, 1.82) is 0 Å². The van der Waals surface area contributed by atoms with E-state index in [0.29, 0.717) is 6.54 Å². The monoisotopic (exact) mass is 264 g/mol. The molecule has 0 atom stereocenters. The zero-order valence-corrected chi connectivity index (χ0v) is 11.1. The highest BCUT2D eigenvalue weighted by Crippen LogP contribution is 2.23. The molecule has 0 saturated carbocycles. The summed E-state index contributed by atoms with van der Waals surface area (Å²) in [6, 6.07) is 20.6. The highest BCUT2D eigenvalue weighted by Gasteiger charge is 2.03. The molecular formula is C17H16N2O. The molecule has 2 aromatic carbocycles. The Kier molecular flexibility index (Phi) is 3.61. The van der Waals surface area contributed by atoms with E-state index in [1.165, 1.54) is 11.1 Å². The molecule has 0 unspecified atom stereocenters. The SMILES string of the molecule is OCCn1ccc(-c2ccc(-c3ccccc3)cc2)n1. The van der Waals surface area contributed by atoms with Crippen LogP contribution in [-0.2, 0) is 6.54 Å². The molecule has 1 N–H and O–H groups in total. The molecule has 1 heterocycles. The van der Waals surface area contributed by atoms with Crippen molar-refractivity contribution in [3.05, 3.63) is 66.9 Å². The lowest BCUT2D eigenvalue weighted by Gasteiger charge is -2.03. The van der Waals surface area contributed by atoms with Crippen molar-refractivity contribution in [3.8, 4) is 22.4 Å². The van der Waals surface area contributed by atoms with E-state index in [0.717, 1.165) is 11.3 Å². The van der Waals surface area contributed by atoms with E-state index in [2.05, 4.69) is 41.5 Å². The molecule has 0 bridgehead atoms. The van der Waals surface area contributed by atoms with Crippen LogP contribution in [0.1, 0.15) is 0 Å². The van der Waals surface area contributed by atoms with Gasteiger partial charge in [-0.2, -0.15) is 5.10 Å². The fraction of sp³-hybridized carbons (Fsp3) is 0.118. The molecule has 3 heteroatoms. The lowest BCUT2D eigenvalue weighted by Crippen LogP contribution is -2.02. The van der Waals surface area contributed by atoms with Crippen LogP contribution in [0.25, 0.3) is 22.4 Å². The van der Waals surface area contributed by atoms with Gasteiger partial charge in [0.25, 0.3) is 0 Å². The molecule has 3 aromatic rings. The molecule has 0 fully saturated rings. The molecule has 0 amide bonds. The number of benzene rings is 2. The maximum Gasteiger partial charge on any atom is 0.0923 e. The first-order chi connectivity index (χ1) is 9.86. The topological polar surface area (TPSA) is 38.0 Å². The van der Waals surface area contributed by atoms with Gasteiger partial charge in [-0.3, -0.25) is 4.68 Å². The lowest BCUT2D eigenvalue weighted by atomic mass is 10.0. The van der Waals surface area contributed by atoms with Crippen molar-refractivity contribution in [2.24, 2.45) is 0 Å². The minimum Gasteiger partial charge on any atom is -0.394 e. The van der Waals surface area contributed by atoms with Crippen LogP contribution in [-0.4, -0.2) is 21.5 Å². The Labute approximate surface area is 118 Å². The second-order valence-electron chi connectivity index (χ2n) is 4.63. The number of aromatic nitrogens is 2. The fourth-order valence-corrected chi connectivity index (χ4v) is 2.21. The Morgan fingerprint density at radius 1 is 0.800 bits per heavy atom.